The summed E-state index contributed by atoms with van der Waals surface area (Å²) in [6, 6.07) is 10.1. The van der Waals surface area contributed by atoms with Gasteiger partial charge in [-0.2, -0.15) is 0 Å². The van der Waals surface area contributed by atoms with Gasteiger partial charge in [-0.25, -0.2) is 4.39 Å². The zero-order chi connectivity index (χ0) is 14.1. The molecule has 3 nitrogen and oxygen atoms in total. The highest BCUT2D eigenvalue weighted by Crippen LogP contribution is 2.20. The summed E-state index contributed by atoms with van der Waals surface area (Å²) < 4.78 is 15.3. The van der Waals surface area contributed by atoms with Crippen molar-refractivity contribution in [3.05, 3.63) is 76.1 Å². The van der Waals surface area contributed by atoms with E-state index in [2.05, 4.69) is 4.98 Å². The van der Waals surface area contributed by atoms with Crippen molar-refractivity contribution in [3.8, 4) is 0 Å². The Labute approximate surface area is 115 Å². The van der Waals surface area contributed by atoms with Crippen LogP contribution in [0.5, 0.6) is 0 Å². The highest BCUT2D eigenvalue weighted by molar-refractivity contribution is 5.82. The molecule has 0 spiro atoms. The molecule has 0 N–H and O–H groups in total. The van der Waals surface area contributed by atoms with Crippen molar-refractivity contribution in [2.75, 3.05) is 0 Å². The molecule has 0 aliphatic carbocycles. The quantitative estimate of drug-likeness (QED) is 0.716. The van der Waals surface area contributed by atoms with E-state index in [4.69, 9.17) is 0 Å². The average Bonchev–Trinajstić information content (AvgIpc) is 2.47. The molecule has 0 unspecified atom stereocenters. The van der Waals surface area contributed by atoms with Crippen LogP contribution in [-0.2, 0) is 6.54 Å². The fourth-order valence-electron chi connectivity index (χ4n) is 2.29. The van der Waals surface area contributed by atoms with Crippen LogP contribution in [0.25, 0.3) is 10.9 Å². The number of halogens is 1. The van der Waals surface area contributed by atoms with Crippen molar-refractivity contribution in [1.82, 2.24) is 9.55 Å². The molecule has 20 heavy (non-hydrogen) atoms. The molecule has 2 heterocycles. The number of hydrogen-bond acceptors (Lipinski definition) is 2. The fourth-order valence-corrected chi connectivity index (χ4v) is 2.29. The van der Waals surface area contributed by atoms with E-state index in [1.807, 2.05) is 6.07 Å². The third kappa shape index (κ3) is 2.09. The number of fused-ring (bicyclic) bond motifs is 1. The van der Waals surface area contributed by atoms with E-state index >= 15 is 0 Å². The molecule has 0 fully saturated rings. The first-order chi connectivity index (χ1) is 9.66. The number of pyridine rings is 2. The van der Waals surface area contributed by atoms with Crippen LogP contribution in [0, 0.1) is 12.7 Å². The summed E-state index contributed by atoms with van der Waals surface area (Å²) >= 11 is 0. The lowest BCUT2D eigenvalue weighted by atomic mass is 10.1. The fraction of sp³-hybridized carbons (Fsp3) is 0.125. The predicted molar refractivity (Wildman–Crippen MR) is 76.2 cm³/mol. The van der Waals surface area contributed by atoms with Crippen molar-refractivity contribution in [2.24, 2.45) is 0 Å². The molecule has 0 aliphatic heterocycles. The minimum absolute atomic E-state index is 0.0408. The molecule has 0 saturated heterocycles. The second kappa shape index (κ2) is 4.89. The first-order valence-electron chi connectivity index (χ1n) is 6.35. The van der Waals surface area contributed by atoms with Gasteiger partial charge >= 0.3 is 0 Å². The molecule has 0 radical (unpaired) electrons. The smallest absolute Gasteiger partial charge is 0.253 e. The van der Waals surface area contributed by atoms with E-state index in [1.165, 1.54) is 6.07 Å². The number of hydrogen-bond donors (Lipinski definition) is 0. The zero-order valence-electron chi connectivity index (χ0n) is 11.0. The van der Waals surface area contributed by atoms with Gasteiger partial charge in [-0.3, -0.25) is 9.78 Å². The first kappa shape index (κ1) is 12.5. The molecular weight excluding hydrogens is 255 g/mol. The molecule has 0 bridgehead atoms. The third-order valence-electron chi connectivity index (χ3n) is 3.35. The number of nitrogens with zero attached hydrogens (tertiary/aromatic N) is 2. The number of aryl methyl sites for hydroxylation is 1. The van der Waals surface area contributed by atoms with Gasteiger partial charge in [-0.15, -0.1) is 0 Å². The van der Waals surface area contributed by atoms with Gasteiger partial charge in [-0.05, 0) is 36.8 Å². The maximum absolute atomic E-state index is 13.7. The van der Waals surface area contributed by atoms with E-state index < -0.39 is 0 Å². The lowest BCUT2D eigenvalue weighted by Gasteiger charge is -2.09. The second-order valence-electron chi connectivity index (χ2n) is 4.73. The highest BCUT2D eigenvalue weighted by Gasteiger charge is 2.08. The summed E-state index contributed by atoms with van der Waals surface area (Å²) in [4.78, 5) is 16.3. The Hall–Kier alpha value is -2.49. The van der Waals surface area contributed by atoms with Crippen LogP contribution in [-0.4, -0.2) is 9.55 Å². The number of aromatic nitrogens is 2. The molecule has 4 heteroatoms. The predicted octanol–water partition coefficient (Wildman–Crippen LogP) is 2.89. The van der Waals surface area contributed by atoms with Gasteiger partial charge in [0.15, 0.2) is 0 Å². The van der Waals surface area contributed by atoms with Gasteiger partial charge in [0.2, 0.25) is 0 Å². The van der Waals surface area contributed by atoms with Gasteiger partial charge < -0.3 is 4.57 Å². The van der Waals surface area contributed by atoms with Gasteiger partial charge in [-0.1, -0.05) is 12.1 Å². The van der Waals surface area contributed by atoms with Crippen LogP contribution >= 0.6 is 0 Å². The average molecular weight is 268 g/mol. The molecule has 0 saturated carbocycles. The van der Waals surface area contributed by atoms with Gasteiger partial charge in [0, 0.05) is 23.3 Å². The summed E-state index contributed by atoms with van der Waals surface area (Å²) in [5, 5.41) is 0.478. The Morgan fingerprint density at radius 2 is 2.05 bits per heavy atom. The summed E-state index contributed by atoms with van der Waals surface area (Å²) in [5.41, 5.74) is 2.07. The summed E-state index contributed by atoms with van der Waals surface area (Å²) in [6.45, 7) is 2.16. The van der Waals surface area contributed by atoms with Crippen molar-refractivity contribution < 1.29 is 4.39 Å². The molecule has 2 aromatic heterocycles. The number of benzene rings is 1. The largest absolute Gasteiger partial charge is 0.311 e. The molecule has 3 aromatic rings. The monoisotopic (exact) mass is 268 g/mol. The SMILES string of the molecule is Cc1cccn(Cc2ccc(F)c3cccnc23)c1=O. The van der Waals surface area contributed by atoms with E-state index in [-0.39, 0.29) is 11.4 Å². The summed E-state index contributed by atoms with van der Waals surface area (Å²) in [6.07, 6.45) is 3.36. The Bertz CT molecular complexity index is 839. The molecule has 3 rings (SSSR count). The Kier molecular flexibility index (Phi) is 3.06. The Balaban J connectivity index is 2.14. The standard InChI is InChI=1S/C16H13FN2O/c1-11-4-3-9-19(16(11)20)10-12-6-7-14(17)13-5-2-8-18-15(12)13/h2-9H,10H2,1H3. The molecule has 0 amide bonds. The van der Waals surface area contributed by atoms with E-state index in [0.717, 1.165) is 5.56 Å². The Morgan fingerprint density at radius 3 is 2.90 bits per heavy atom. The summed E-state index contributed by atoms with van der Waals surface area (Å²) in [5.74, 6) is -0.298. The molecule has 100 valence electrons. The summed E-state index contributed by atoms with van der Waals surface area (Å²) in [7, 11) is 0. The van der Waals surface area contributed by atoms with Gasteiger partial charge in [0.1, 0.15) is 5.82 Å². The van der Waals surface area contributed by atoms with Crippen LogP contribution in [0.15, 0.2) is 53.6 Å². The van der Waals surface area contributed by atoms with Crippen molar-refractivity contribution in [1.29, 1.82) is 0 Å². The van der Waals surface area contributed by atoms with E-state index in [1.54, 1.807) is 48.1 Å². The van der Waals surface area contributed by atoms with E-state index in [9.17, 15) is 9.18 Å². The number of rotatable bonds is 2. The van der Waals surface area contributed by atoms with Crippen molar-refractivity contribution in [2.45, 2.75) is 13.5 Å². The lowest BCUT2D eigenvalue weighted by molar-refractivity contribution is 0.638. The molecule has 0 atom stereocenters. The van der Waals surface area contributed by atoms with Crippen LogP contribution in [0.3, 0.4) is 0 Å². The first-order valence-corrected chi connectivity index (χ1v) is 6.35. The van der Waals surface area contributed by atoms with Gasteiger partial charge in [0.25, 0.3) is 5.56 Å². The molecule has 1 aromatic carbocycles. The highest BCUT2D eigenvalue weighted by atomic mass is 19.1. The molecule has 0 aliphatic rings. The minimum Gasteiger partial charge on any atom is -0.311 e. The maximum atomic E-state index is 13.7. The van der Waals surface area contributed by atoms with Crippen LogP contribution in [0.4, 0.5) is 4.39 Å². The lowest BCUT2D eigenvalue weighted by Crippen LogP contribution is -2.21. The van der Waals surface area contributed by atoms with Crippen LogP contribution < -0.4 is 5.56 Å². The van der Waals surface area contributed by atoms with E-state index in [0.29, 0.717) is 23.0 Å². The minimum atomic E-state index is -0.298. The van der Waals surface area contributed by atoms with Crippen molar-refractivity contribution in [3.63, 3.8) is 0 Å². The molecular formula is C16H13FN2O. The normalized spacial score (nSPS) is 10.9. The second-order valence-corrected chi connectivity index (χ2v) is 4.73. The zero-order valence-corrected chi connectivity index (χ0v) is 11.0. The van der Waals surface area contributed by atoms with Gasteiger partial charge in [0.05, 0.1) is 12.1 Å². The van der Waals surface area contributed by atoms with Crippen molar-refractivity contribution >= 4 is 10.9 Å². The maximum Gasteiger partial charge on any atom is 0.253 e. The third-order valence-corrected chi connectivity index (χ3v) is 3.35. The Morgan fingerprint density at radius 1 is 1.20 bits per heavy atom. The van der Waals surface area contributed by atoms with Crippen LogP contribution in [0.2, 0.25) is 0 Å². The van der Waals surface area contributed by atoms with Crippen LogP contribution in [0.1, 0.15) is 11.1 Å². The topological polar surface area (TPSA) is 34.9 Å².